The van der Waals surface area contributed by atoms with Gasteiger partial charge in [-0.2, -0.15) is 13.2 Å². The first kappa shape index (κ1) is 15.9. The molecular weight excluding hydrogens is 297 g/mol. The van der Waals surface area contributed by atoms with Crippen molar-refractivity contribution in [2.24, 2.45) is 0 Å². The first-order chi connectivity index (χ1) is 10.2. The Hall–Kier alpha value is -2.50. The van der Waals surface area contributed by atoms with Gasteiger partial charge in [0.05, 0.1) is 5.56 Å². The van der Waals surface area contributed by atoms with Gasteiger partial charge in [0.25, 0.3) is 0 Å². The van der Waals surface area contributed by atoms with Crippen molar-refractivity contribution >= 4 is 5.97 Å². The lowest BCUT2D eigenvalue weighted by molar-refractivity contribution is -0.137. The Morgan fingerprint density at radius 3 is 2.09 bits per heavy atom. The minimum Gasteiger partial charge on any atom is -0.507 e. The summed E-state index contributed by atoms with van der Waals surface area (Å²) in [6.07, 6.45) is -4.39. The molecule has 2 aromatic rings. The monoisotopic (exact) mass is 310 g/mol. The van der Waals surface area contributed by atoms with Crippen LogP contribution in [0.1, 0.15) is 39.9 Å². The second-order valence-electron chi connectivity index (χ2n) is 4.92. The maximum Gasteiger partial charge on any atom is 0.416 e. The number of rotatable bonds is 3. The van der Waals surface area contributed by atoms with Crippen LogP contribution in [0.2, 0.25) is 0 Å². The number of benzene rings is 2. The minimum atomic E-state index is -4.39. The lowest BCUT2D eigenvalue weighted by Gasteiger charge is -2.15. The fourth-order valence-electron chi connectivity index (χ4n) is 2.15. The highest BCUT2D eigenvalue weighted by molar-refractivity contribution is 5.91. The Bertz CT molecular complexity index is 691. The number of halogens is 3. The van der Waals surface area contributed by atoms with E-state index in [2.05, 4.69) is 0 Å². The summed E-state index contributed by atoms with van der Waals surface area (Å²) in [5.74, 6) is -1.92. The Balaban J connectivity index is 2.34. The number of hydrogen-bond donors (Lipinski definition) is 2. The van der Waals surface area contributed by atoms with E-state index in [0.29, 0.717) is 11.1 Å². The van der Waals surface area contributed by atoms with E-state index in [1.807, 2.05) is 0 Å². The van der Waals surface area contributed by atoms with Crippen molar-refractivity contribution in [3.8, 4) is 5.75 Å². The van der Waals surface area contributed by atoms with Crippen molar-refractivity contribution in [3.05, 3.63) is 64.7 Å². The van der Waals surface area contributed by atoms with Crippen LogP contribution in [0.3, 0.4) is 0 Å². The summed E-state index contributed by atoms with van der Waals surface area (Å²) in [4.78, 5) is 11.0. The molecule has 0 radical (unpaired) electrons. The molecule has 22 heavy (non-hydrogen) atoms. The molecule has 1 unspecified atom stereocenters. The standard InChI is InChI=1S/C16H13F3O3/c1-9(10-2-5-12(6-3-10)16(17,18)19)11-4-7-14(20)13(8-11)15(21)22/h2-9,20H,1H3,(H,21,22). The zero-order chi connectivity index (χ0) is 16.5. The quantitative estimate of drug-likeness (QED) is 0.890. The van der Waals surface area contributed by atoms with Crippen LogP contribution in [0.15, 0.2) is 42.5 Å². The second-order valence-corrected chi connectivity index (χ2v) is 4.92. The van der Waals surface area contributed by atoms with Gasteiger partial charge in [-0.1, -0.05) is 25.1 Å². The highest BCUT2D eigenvalue weighted by Gasteiger charge is 2.30. The molecule has 6 heteroatoms. The molecule has 2 N–H and O–H groups in total. The van der Waals surface area contributed by atoms with Gasteiger partial charge in [-0.3, -0.25) is 0 Å². The molecule has 0 aliphatic carbocycles. The Labute approximate surface area is 124 Å². The predicted octanol–water partition coefficient (Wildman–Crippen LogP) is 4.26. The zero-order valence-electron chi connectivity index (χ0n) is 11.6. The van der Waals surface area contributed by atoms with E-state index < -0.39 is 17.7 Å². The third-order valence-corrected chi connectivity index (χ3v) is 3.49. The van der Waals surface area contributed by atoms with Crippen molar-refractivity contribution in [3.63, 3.8) is 0 Å². The number of carboxylic acid groups (broad SMARTS) is 1. The molecular formula is C16H13F3O3. The van der Waals surface area contributed by atoms with Crippen molar-refractivity contribution in [1.29, 1.82) is 0 Å². The number of phenols is 1. The smallest absolute Gasteiger partial charge is 0.416 e. The lowest BCUT2D eigenvalue weighted by Crippen LogP contribution is -2.06. The van der Waals surface area contributed by atoms with Crippen LogP contribution in [0, 0.1) is 0 Å². The minimum absolute atomic E-state index is 0.240. The second kappa shape index (κ2) is 5.71. The fourth-order valence-corrected chi connectivity index (χ4v) is 2.15. The maximum atomic E-state index is 12.5. The van der Waals surface area contributed by atoms with E-state index in [0.717, 1.165) is 12.1 Å². The molecule has 116 valence electrons. The lowest BCUT2D eigenvalue weighted by atomic mass is 9.91. The van der Waals surface area contributed by atoms with E-state index >= 15 is 0 Å². The first-order valence-electron chi connectivity index (χ1n) is 6.43. The number of carboxylic acids is 1. The van der Waals surface area contributed by atoms with Crippen molar-refractivity contribution < 1.29 is 28.2 Å². The summed E-state index contributed by atoms with van der Waals surface area (Å²) in [7, 11) is 0. The third kappa shape index (κ3) is 3.21. The first-order valence-corrected chi connectivity index (χ1v) is 6.43. The molecule has 3 nitrogen and oxygen atoms in total. The summed E-state index contributed by atoms with van der Waals surface area (Å²) in [6.45, 7) is 1.75. The number of carbonyl (C=O) groups is 1. The van der Waals surface area contributed by atoms with Crippen LogP contribution in [0.5, 0.6) is 5.75 Å². The SMILES string of the molecule is CC(c1ccc(C(F)(F)F)cc1)c1ccc(O)c(C(=O)O)c1. The van der Waals surface area contributed by atoms with Gasteiger partial charge < -0.3 is 10.2 Å². The molecule has 0 aliphatic rings. The van der Waals surface area contributed by atoms with Gasteiger partial charge in [0, 0.05) is 5.92 Å². The Morgan fingerprint density at radius 2 is 1.59 bits per heavy atom. The molecule has 2 rings (SSSR count). The predicted molar refractivity (Wildman–Crippen MR) is 74.0 cm³/mol. The van der Waals surface area contributed by atoms with Crippen LogP contribution in [-0.4, -0.2) is 16.2 Å². The van der Waals surface area contributed by atoms with E-state index in [9.17, 15) is 23.1 Å². The van der Waals surface area contributed by atoms with Crippen molar-refractivity contribution in [2.75, 3.05) is 0 Å². The van der Waals surface area contributed by atoms with E-state index in [1.54, 1.807) is 13.0 Å². The Kier molecular flexibility index (Phi) is 4.12. The average Bonchev–Trinajstić information content (AvgIpc) is 2.46. The normalized spacial score (nSPS) is 12.9. The van der Waals surface area contributed by atoms with Crippen LogP contribution >= 0.6 is 0 Å². The molecule has 0 heterocycles. The molecule has 0 aliphatic heterocycles. The van der Waals surface area contributed by atoms with E-state index in [1.165, 1.54) is 24.3 Å². The number of hydrogen-bond acceptors (Lipinski definition) is 2. The summed E-state index contributed by atoms with van der Waals surface area (Å²) < 4.78 is 37.6. The van der Waals surface area contributed by atoms with Crippen molar-refractivity contribution in [2.45, 2.75) is 19.0 Å². The maximum absolute atomic E-state index is 12.5. The highest BCUT2D eigenvalue weighted by Crippen LogP contribution is 2.32. The fraction of sp³-hybridized carbons (Fsp3) is 0.188. The molecule has 2 aromatic carbocycles. The summed E-state index contributed by atoms with van der Waals surface area (Å²) >= 11 is 0. The van der Waals surface area contributed by atoms with E-state index in [4.69, 9.17) is 5.11 Å². The molecule has 0 saturated carbocycles. The molecule has 0 fully saturated rings. The largest absolute Gasteiger partial charge is 0.507 e. The van der Waals surface area contributed by atoms with Gasteiger partial charge in [0.15, 0.2) is 0 Å². The molecule has 0 amide bonds. The van der Waals surface area contributed by atoms with Gasteiger partial charge in [-0.05, 0) is 35.4 Å². The molecule has 0 saturated heterocycles. The van der Waals surface area contributed by atoms with Crippen molar-refractivity contribution in [1.82, 2.24) is 0 Å². The van der Waals surface area contributed by atoms with Gasteiger partial charge >= 0.3 is 12.1 Å². The molecule has 0 spiro atoms. The Morgan fingerprint density at radius 1 is 1.05 bits per heavy atom. The van der Waals surface area contributed by atoms with Crippen LogP contribution in [-0.2, 0) is 6.18 Å². The van der Waals surface area contributed by atoms with Gasteiger partial charge in [-0.25, -0.2) is 4.79 Å². The van der Waals surface area contributed by atoms with Gasteiger partial charge in [0.1, 0.15) is 11.3 Å². The number of aromatic hydroxyl groups is 1. The van der Waals surface area contributed by atoms with Crippen LogP contribution < -0.4 is 0 Å². The highest BCUT2D eigenvalue weighted by atomic mass is 19.4. The zero-order valence-corrected chi connectivity index (χ0v) is 11.6. The topological polar surface area (TPSA) is 57.5 Å². The summed E-state index contributed by atoms with van der Waals surface area (Å²) in [6, 6.07) is 8.83. The number of alkyl halides is 3. The molecule has 0 bridgehead atoms. The summed E-state index contributed by atoms with van der Waals surface area (Å²) in [5, 5.41) is 18.5. The number of aromatic carboxylic acids is 1. The van der Waals surface area contributed by atoms with E-state index in [-0.39, 0.29) is 17.2 Å². The van der Waals surface area contributed by atoms with Gasteiger partial charge in [0.2, 0.25) is 0 Å². The molecule has 1 atom stereocenters. The molecule has 0 aromatic heterocycles. The third-order valence-electron chi connectivity index (χ3n) is 3.49. The van der Waals surface area contributed by atoms with Crippen LogP contribution in [0.25, 0.3) is 0 Å². The summed E-state index contributed by atoms with van der Waals surface area (Å²) in [5.41, 5.74) is 0.238. The van der Waals surface area contributed by atoms with Crippen LogP contribution in [0.4, 0.5) is 13.2 Å². The van der Waals surface area contributed by atoms with Gasteiger partial charge in [-0.15, -0.1) is 0 Å². The average molecular weight is 310 g/mol.